The van der Waals surface area contributed by atoms with Crippen LogP contribution in [-0.4, -0.2) is 122 Å². The van der Waals surface area contributed by atoms with Crippen molar-refractivity contribution in [2.45, 2.75) is 110 Å². The Morgan fingerprint density at radius 3 is 1.31 bits per heavy atom. The first-order chi connectivity index (χ1) is 24.9. The number of esters is 1. The average molecular weight is 732 g/mol. The Hall–Kier alpha value is -2.85. The normalized spacial score (nSPS) is 10.9. The number of nitrogens with two attached hydrogens (primary N) is 1. The maximum Gasteiger partial charge on any atom is 0.305 e. The number of ether oxygens (including phenoxy) is 5. The topological polar surface area (TPSA) is 206 Å². The third-order valence-corrected chi connectivity index (χ3v) is 7.56. The van der Waals surface area contributed by atoms with Crippen LogP contribution in [0.15, 0.2) is 0 Å². The van der Waals surface area contributed by atoms with Gasteiger partial charge in [0.15, 0.2) is 0 Å². The zero-order valence-corrected chi connectivity index (χ0v) is 31.4. The van der Waals surface area contributed by atoms with Crippen LogP contribution >= 0.6 is 0 Å². The highest BCUT2D eigenvalue weighted by Crippen LogP contribution is 2.13. The van der Waals surface area contributed by atoms with Crippen molar-refractivity contribution < 1.29 is 47.7 Å². The van der Waals surface area contributed by atoms with Crippen LogP contribution in [0.5, 0.6) is 0 Å². The molecule has 0 heterocycles. The molecule has 0 unspecified atom stereocenters. The van der Waals surface area contributed by atoms with E-state index in [2.05, 4.69) is 21.3 Å². The Labute approximate surface area is 305 Å². The molecule has 0 aromatic carbocycles. The second-order valence-electron chi connectivity index (χ2n) is 12.2. The summed E-state index contributed by atoms with van der Waals surface area (Å²) in [7, 11) is 0. The lowest BCUT2D eigenvalue weighted by atomic mass is 10.0. The molecule has 298 valence electrons. The lowest BCUT2D eigenvalue weighted by molar-refractivity contribution is -0.143. The van der Waals surface area contributed by atoms with Crippen molar-refractivity contribution in [1.82, 2.24) is 21.3 Å². The number of amides is 4. The smallest absolute Gasteiger partial charge is 0.305 e. The molecule has 0 aliphatic heterocycles. The van der Waals surface area contributed by atoms with E-state index in [9.17, 15) is 24.0 Å². The lowest BCUT2D eigenvalue weighted by Crippen LogP contribution is -2.32. The Morgan fingerprint density at radius 2 is 0.824 bits per heavy atom. The van der Waals surface area contributed by atoms with Crippen LogP contribution in [0, 0.1) is 0 Å². The van der Waals surface area contributed by atoms with E-state index >= 15 is 0 Å². The molecule has 6 N–H and O–H groups in total. The number of carbonyl (C=O) groups is 5. The fraction of sp³-hybridized carbons (Fsp3) is 0.861. The van der Waals surface area contributed by atoms with E-state index in [0.29, 0.717) is 91.4 Å². The Morgan fingerprint density at radius 1 is 0.431 bits per heavy atom. The third kappa shape index (κ3) is 38.2. The Bertz CT molecular complexity index is 881. The molecule has 15 heteroatoms. The van der Waals surface area contributed by atoms with Gasteiger partial charge in [0, 0.05) is 52.0 Å². The van der Waals surface area contributed by atoms with E-state index in [1.807, 2.05) is 6.92 Å². The van der Waals surface area contributed by atoms with E-state index in [-0.39, 0.29) is 56.0 Å². The van der Waals surface area contributed by atoms with Crippen LogP contribution in [0.3, 0.4) is 0 Å². The minimum atomic E-state index is -0.267. The Kier molecular flexibility index (Phi) is 36.2. The van der Waals surface area contributed by atoms with Gasteiger partial charge in [-0.3, -0.25) is 24.0 Å². The molecule has 0 spiro atoms. The summed E-state index contributed by atoms with van der Waals surface area (Å²) in [6.07, 6.45) is 15.8. The van der Waals surface area contributed by atoms with Gasteiger partial charge in [0.25, 0.3) is 0 Å². The lowest BCUT2D eigenvalue weighted by Gasteiger charge is -2.09. The summed E-state index contributed by atoms with van der Waals surface area (Å²) in [6.45, 7) is 5.89. The van der Waals surface area contributed by atoms with Gasteiger partial charge in [0.1, 0.15) is 13.2 Å². The van der Waals surface area contributed by atoms with Gasteiger partial charge in [-0.25, -0.2) is 0 Å². The van der Waals surface area contributed by atoms with Gasteiger partial charge in [0.05, 0.1) is 46.2 Å². The SMILES string of the molecule is CCOC(=O)CCCCCCCCCCCCCCC(=O)NCCCC(=O)NCCOCCOCC(=O)NCCOCCOCC(=O)NCCN. The van der Waals surface area contributed by atoms with E-state index < -0.39 is 0 Å². The fourth-order valence-corrected chi connectivity index (χ4v) is 4.82. The van der Waals surface area contributed by atoms with Crippen molar-refractivity contribution in [3.8, 4) is 0 Å². The number of carbonyl (C=O) groups excluding carboxylic acids is 5. The number of nitrogens with one attached hydrogen (secondary N) is 4. The molecule has 0 aliphatic carbocycles. The van der Waals surface area contributed by atoms with Crippen LogP contribution in [0.1, 0.15) is 110 Å². The first-order valence-corrected chi connectivity index (χ1v) is 19.1. The molecule has 15 nitrogen and oxygen atoms in total. The molecule has 51 heavy (non-hydrogen) atoms. The summed E-state index contributed by atoms with van der Waals surface area (Å²) in [5, 5.41) is 10.9. The molecular weight excluding hydrogens is 662 g/mol. The molecule has 0 saturated carbocycles. The summed E-state index contributed by atoms with van der Waals surface area (Å²) in [5.74, 6) is -0.622. The van der Waals surface area contributed by atoms with E-state index in [4.69, 9.17) is 29.4 Å². The zero-order chi connectivity index (χ0) is 37.5. The second-order valence-corrected chi connectivity index (χ2v) is 12.2. The van der Waals surface area contributed by atoms with Crippen LogP contribution in [0.4, 0.5) is 0 Å². The van der Waals surface area contributed by atoms with Gasteiger partial charge in [0.2, 0.25) is 23.6 Å². The van der Waals surface area contributed by atoms with Crippen molar-refractivity contribution in [2.75, 3.05) is 92.2 Å². The predicted molar refractivity (Wildman–Crippen MR) is 195 cm³/mol. The van der Waals surface area contributed by atoms with Crippen molar-refractivity contribution in [1.29, 1.82) is 0 Å². The molecular formula is C36H69N5O10. The van der Waals surface area contributed by atoms with Crippen LogP contribution in [-0.2, 0) is 47.7 Å². The minimum Gasteiger partial charge on any atom is -0.466 e. The van der Waals surface area contributed by atoms with Crippen molar-refractivity contribution in [2.24, 2.45) is 5.73 Å². The summed E-state index contributed by atoms with van der Waals surface area (Å²) >= 11 is 0. The monoisotopic (exact) mass is 732 g/mol. The molecule has 0 aromatic rings. The fourth-order valence-electron chi connectivity index (χ4n) is 4.82. The number of hydrogen-bond acceptors (Lipinski definition) is 11. The minimum absolute atomic E-state index is 0.0420. The highest BCUT2D eigenvalue weighted by atomic mass is 16.5. The van der Waals surface area contributed by atoms with Gasteiger partial charge in [-0.15, -0.1) is 0 Å². The summed E-state index contributed by atoms with van der Waals surface area (Å²) in [5.41, 5.74) is 5.30. The van der Waals surface area contributed by atoms with Gasteiger partial charge in [-0.05, 0) is 26.2 Å². The molecule has 0 atom stereocenters. The maximum absolute atomic E-state index is 12.0. The highest BCUT2D eigenvalue weighted by Gasteiger charge is 2.05. The van der Waals surface area contributed by atoms with Crippen LogP contribution in [0.2, 0.25) is 0 Å². The van der Waals surface area contributed by atoms with Crippen molar-refractivity contribution in [3.05, 3.63) is 0 Å². The second kappa shape index (κ2) is 38.4. The summed E-state index contributed by atoms with van der Waals surface area (Å²) in [6, 6.07) is 0. The van der Waals surface area contributed by atoms with Gasteiger partial charge in [-0.2, -0.15) is 0 Å². The molecule has 0 rings (SSSR count). The highest BCUT2D eigenvalue weighted by molar-refractivity contribution is 5.78. The number of hydrogen-bond donors (Lipinski definition) is 5. The van der Waals surface area contributed by atoms with Crippen molar-refractivity contribution >= 4 is 29.6 Å². The standard InChI is InChI=1S/C36H69N5O10/c1-2-51-36(46)18-14-12-10-8-6-4-3-5-7-9-11-13-16-32(42)38-20-15-17-33(43)40-22-24-47-26-29-50-31-35(45)41-23-25-48-27-28-49-30-34(44)39-21-19-37/h2-31,37H2,1H3,(H,38,42)(H,39,44)(H,40,43)(H,41,45). The summed E-state index contributed by atoms with van der Waals surface area (Å²) in [4.78, 5) is 58.4. The predicted octanol–water partition coefficient (Wildman–Crippen LogP) is 2.28. The Balaban J connectivity index is 3.37. The molecule has 0 radical (unpaired) electrons. The molecule has 0 saturated heterocycles. The first-order valence-electron chi connectivity index (χ1n) is 19.1. The maximum atomic E-state index is 12.0. The molecule has 0 aliphatic rings. The number of unbranched alkanes of at least 4 members (excludes halogenated alkanes) is 11. The number of rotatable bonds is 38. The summed E-state index contributed by atoms with van der Waals surface area (Å²) < 4.78 is 26.1. The average Bonchev–Trinajstić information content (AvgIpc) is 3.11. The molecule has 0 aromatic heterocycles. The third-order valence-electron chi connectivity index (χ3n) is 7.56. The zero-order valence-electron chi connectivity index (χ0n) is 31.4. The van der Waals surface area contributed by atoms with Crippen molar-refractivity contribution in [3.63, 3.8) is 0 Å². The molecule has 4 amide bonds. The first kappa shape index (κ1) is 48.1. The molecule has 0 fully saturated rings. The van der Waals surface area contributed by atoms with Crippen LogP contribution < -0.4 is 27.0 Å². The molecule has 0 bridgehead atoms. The van der Waals surface area contributed by atoms with E-state index in [0.717, 1.165) is 32.1 Å². The largest absolute Gasteiger partial charge is 0.466 e. The van der Waals surface area contributed by atoms with Gasteiger partial charge in [-0.1, -0.05) is 64.2 Å². The van der Waals surface area contributed by atoms with Gasteiger partial charge < -0.3 is 50.7 Å². The van der Waals surface area contributed by atoms with E-state index in [1.165, 1.54) is 44.9 Å². The van der Waals surface area contributed by atoms with Crippen LogP contribution in [0.25, 0.3) is 0 Å². The quantitative estimate of drug-likeness (QED) is 0.0460. The van der Waals surface area contributed by atoms with E-state index in [1.54, 1.807) is 0 Å². The van der Waals surface area contributed by atoms with Gasteiger partial charge >= 0.3 is 5.97 Å².